The van der Waals surface area contributed by atoms with Crippen molar-refractivity contribution in [1.82, 2.24) is 15.5 Å². The lowest BCUT2D eigenvalue weighted by Gasteiger charge is -2.27. The van der Waals surface area contributed by atoms with Crippen molar-refractivity contribution in [2.45, 2.75) is 19.9 Å². The monoisotopic (exact) mass is 281 g/mol. The fourth-order valence-corrected chi connectivity index (χ4v) is 2.91. The minimum absolute atomic E-state index is 0.127. The fraction of sp³-hybridized carbons (Fsp3) is 0.538. The van der Waals surface area contributed by atoms with Crippen molar-refractivity contribution >= 4 is 23.2 Å². The van der Waals surface area contributed by atoms with Crippen LogP contribution in [0.4, 0.5) is 0 Å². The molecule has 1 saturated heterocycles. The molecule has 2 N–H and O–H groups in total. The Kier molecular flexibility index (Phi) is 4.55. The van der Waals surface area contributed by atoms with E-state index < -0.39 is 11.8 Å². The summed E-state index contributed by atoms with van der Waals surface area (Å²) in [6.45, 7) is 6.61. The standard InChI is InChI=1S/C13H19N3O2S/c1-9-3-4-11(19-9)10(2)15-12(17)13(18)16-7-5-14-6-8-16/h3-4,10,14H,5-8H2,1-2H3,(H,15,17). The van der Waals surface area contributed by atoms with Crippen molar-refractivity contribution in [3.63, 3.8) is 0 Å². The third-order valence-corrected chi connectivity index (χ3v) is 4.32. The molecule has 6 heteroatoms. The summed E-state index contributed by atoms with van der Waals surface area (Å²) in [5.41, 5.74) is 0. The maximum Gasteiger partial charge on any atom is 0.311 e. The van der Waals surface area contributed by atoms with Crippen LogP contribution in [0.5, 0.6) is 0 Å². The van der Waals surface area contributed by atoms with E-state index in [1.54, 1.807) is 16.2 Å². The predicted octanol–water partition coefficient (Wildman–Crippen LogP) is 0.666. The van der Waals surface area contributed by atoms with E-state index >= 15 is 0 Å². The molecule has 1 aliphatic heterocycles. The Bertz CT molecular complexity index is 466. The van der Waals surface area contributed by atoms with E-state index in [1.165, 1.54) is 4.88 Å². The molecule has 1 aliphatic rings. The first-order valence-electron chi connectivity index (χ1n) is 6.45. The zero-order valence-corrected chi connectivity index (χ0v) is 12.0. The van der Waals surface area contributed by atoms with E-state index in [0.29, 0.717) is 13.1 Å². The predicted molar refractivity (Wildman–Crippen MR) is 75.1 cm³/mol. The molecular weight excluding hydrogens is 262 g/mol. The molecule has 2 amide bonds. The Balaban J connectivity index is 1.91. The van der Waals surface area contributed by atoms with Gasteiger partial charge in [0.25, 0.3) is 0 Å². The molecule has 2 rings (SSSR count). The van der Waals surface area contributed by atoms with Crippen molar-refractivity contribution in [3.05, 3.63) is 21.9 Å². The van der Waals surface area contributed by atoms with E-state index in [1.807, 2.05) is 26.0 Å². The summed E-state index contributed by atoms with van der Waals surface area (Å²) in [6.07, 6.45) is 0. The maximum absolute atomic E-state index is 12.0. The van der Waals surface area contributed by atoms with Gasteiger partial charge < -0.3 is 15.5 Å². The Morgan fingerprint density at radius 1 is 1.37 bits per heavy atom. The van der Waals surface area contributed by atoms with E-state index in [9.17, 15) is 9.59 Å². The largest absolute Gasteiger partial charge is 0.340 e. The quantitative estimate of drug-likeness (QED) is 0.783. The number of hydrogen-bond donors (Lipinski definition) is 2. The lowest BCUT2D eigenvalue weighted by atomic mass is 10.2. The van der Waals surface area contributed by atoms with E-state index in [4.69, 9.17) is 0 Å². The Labute approximate surface area is 117 Å². The number of piperazine rings is 1. The van der Waals surface area contributed by atoms with Crippen molar-refractivity contribution in [2.75, 3.05) is 26.2 Å². The number of rotatable bonds is 2. The SMILES string of the molecule is Cc1ccc(C(C)NC(=O)C(=O)N2CCNCC2)s1. The van der Waals surface area contributed by atoms with Crippen LogP contribution >= 0.6 is 11.3 Å². The van der Waals surface area contributed by atoms with Gasteiger partial charge in [-0.25, -0.2) is 0 Å². The van der Waals surface area contributed by atoms with Gasteiger partial charge in [0.05, 0.1) is 6.04 Å². The molecule has 0 bridgehead atoms. The van der Waals surface area contributed by atoms with Crippen molar-refractivity contribution < 1.29 is 9.59 Å². The van der Waals surface area contributed by atoms with Crippen LogP contribution in [-0.2, 0) is 9.59 Å². The molecule has 2 heterocycles. The van der Waals surface area contributed by atoms with Crippen LogP contribution in [0.25, 0.3) is 0 Å². The third-order valence-electron chi connectivity index (χ3n) is 3.13. The van der Waals surface area contributed by atoms with Gasteiger partial charge in [0.2, 0.25) is 0 Å². The molecule has 0 spiro atoms. The number of nitrogens with one attached hydrogen (secondary N) is 2. The normalized spacial score (nSPS) is 17.1. The third kappa shape index (κ3) is 3.54. The number of thiophene rings is 1. The second-order valence-corrected chi connectivity index (χ2v) is 6.01. The molecular formula is C13H19N3O2S. The maximum atomic E-state index is 12.0. The van der Waals surface area contributed by atoms with Crippen molar-refractivity contribution in [3.8, 4) is 0 Å². The van der Waals surface area contributed by atoms with Gasteiger partial charge in [-0.2, -0.15) is 0 Å². The lowest BCUT2D eigenvalue weighted by Crippen LogP contribution is -2.51. The number of carbonyl (C=O) groups is 2. The van der Waals surface area contributed by atoms with Crippen LogP contribution in [0, 0.1) is 6.92 Å². The van der Waals surface area contributed by atoms with Gasteiger partial charge in [-0.05, 0) is 26.0 Å². The van der Waals surface area contributed by atoms with Crippen LogP contribution in [0.1, 0.15) is 22.7 Å². The van der Waals surface area contributed by atoms with Gasteiger partial charge in [0.15, 0.2) is 0 Å². The smallest absolute Gasteiger partial charge is 0.311 e. The Morgan fingerprint density at radius 3 is 2.63 bits per heavy atom. The summed E-state index contributed by atoms with van der Waals surface area (Å²) >= 11 is 1.64. The molecule has 1 aromatic heterocycles. The Hall–Kier alpha value is -1.40. The van der Waals surface area contributed by atoms with Crippen LogP contribution < -0.4 is 10.6 Å². The van der Waals surface area contributed by atoms with Crippen LogP contribution in [-0.4, -0.2) is 42.9 Å². The summed E-state index contributed by atoms with van der Waals surface area (Å²) in [7, 11) is 0. The molecule has 0 aliphatic carbocycles. The van der Waals surface area contributed by atoms with Crippen LogP contribution in [0.15, 0.2) is 12.1 Å². The number of nitrogens with zero attached hydrogens (tertiary/aromatic N) is 1. The van der Waals surface area contributed by atoms with Gasteiger partial charge in [-0.3, -0.25) is 9.59 Å². The zero-order valence-electron chi connectivity index (χ0n) is 11.2. The summed E-state index contributed by atoms with van der Waals surface area (Å²) in [4.78, 5) is 27.7. The molecule has 1 aromatic rings. The molecule has 1 atom stereocenters. The molecule has 19 heavy (non-hydrogen) atoms. The minimum Gasteiger partial charge on any atom is -0.340 e. The summed E-state index contributed by atoms with van der Waals surface area (Å²) in [6, 6.07) is 3.87. The van der Waals surface area contributed by atoms with E-state index in [0.717, 1.165) is 18.0 Å². The van der Waals surface area contributed by atoms with Crippen molar-refractivity contribution in [2.24, 2.45) is 0 Å². The average Bonchev–Trinajstić information content (AvgIpc) is 2.85. The highest BCUT2D eigenvalue weighted by Crippen LogP contribution is 2.22. The topological polar surface area (TPSA) is 61.4 Å². The van der Waals surface area contributed by atoms with Gasteiger partial charge in [0.1, 0.15) is 0 Å². The average molecular weight is 281 g/mol. The second-order valence-electron chi connectivity index (χ2n) is 4.69. The van der Waals surface area contributed by atoms with Gasteiger partial charge in [-0.1, -0.05) is 0 Å². The van der Waals surface area contributed by atoms with Gasteiger partial charge >= 0.3 is 11.8 Å². The first kappa shape index (κ1) is 14.0. The summed E-state index contributed by atoms with van der Waals surface area (Å²) < 4.78 is 0. The Morgan fingerprint density at radius 2 is 2.05 bits per heavy atom. The second kappa shape index (κ2) is 6.16. The van der Waals surface area contributed by atoms with Crippen LogP contribution in [0.3, 0.4) is 0 Å². The number of hydrogen-bond acceptors (Lipinski definition) is 4. The van der Waals surface area contributed by atoms with Crippen molar-refractivity contribution in [1.29, 1.82) is 0 Å². The van der Waals surface area contributed by atoms with E-state index in [-0.39, 0.29) is 6.04 Å². The molecule has 0 radical (unpaired) electrons. The highest BCUT2D eigenvalue weighted by Gasteiger charge is 2.24. The van der Waals surface area contributed by atoms with Gasteiger partial charge in [0, 0.05) is 35.9 Å². The highest BCUT2D eigenvalue weighted by atomic mass is 32.1. The first-order valence-corrected chi connectivity index (χ1v) is 7.26. The highest BCUT2D eigenvalue weighted by molar-refractivity contribution is 7.12. The molecule has 104 valence electrons. The zero-order chi connectivity index (χ0) is 13.8. The molecule has 1 unspecified atom stereocenters. The van der Waals surface area contributed by atoms with Crippen LogP contribution in [0.2, 0.25) is 0 Å². The number of aryl methyl sites for hydroxylation is 1. The molecule has 0 aromatic carbocycles. The molecule has 5 nitrogen and oxygen atoms in total. The lowest BCUT2D eigenvalue weighted by molar-refractivity contribution is -0.146. The fourth-order valence-electron chi connectivity index (χ4n) is 2.03. The number of carbonyl (C=O) groups excluding carboxylic acids is 2. The first-order chi connectivity index (χ1) is 9.08. The van der Waals surface area contributed by atoms with Gasteiger partial charge in [-0.15, -0.1) is 11.3 Å². The molecule has 1 fully saturated rings. The summed E-state index contributed by atoms with van der Waals surface area (Å²) in [5.74, 6) is -0.943. The number of amides is 2. The van der Waals surface area contributed by atoms with E-state index in [2.05, 4.69) is 10.6 Å². The minimum atomic E-state index is -0.513. The summed E-state index contributed by atoms with van der Waals surface area (Å²) in [5, 5.41) is 5.92. The molecule has 0 saturated carbocycles.